The molecule has 0 fully saturated rings. The van der Waals surface area contributed by atoms with Crippen LogP contribution in [-0.4, -0.2) is 0 Å². The Morgan fingerprint density at radius 3 is 2.06 bits per heavy atom. The Morgan fingerprint density at radius 2 is 1.65 bits per heavy atom. The fourth-order valence-corrected chi connectivity index (χ4v) is 1.33. The van der Waals surface area contributed by atoms with Gasteiger partial charge in [-0.1, -0.05) is 49.6 Å². The molecule has 0 saturated carbocycles. The second kappa shape index (κ2) is 15.3. The van der Waals surface area contributed by atoms with Crippen LogP contribution in [0.4, 0.5) is 4.53 Å². The minimum atomic E-state index is 1.24. The third kappa shape index (κ3) is 13.2. The van der Waals surface area contributed by atoms with Gasteiger partial charge < -0.3 is 0 Å². The van der Waals surface area contributed by atoms with Gasteiger partial charge in [0.15, 0.2) is 0 Å². The molecule has 0 heterocycles. The Kier molecular flexibility index (Phi) is 16.8. The van der Waals surface area contributed by atoms with Crippen LogP contribution in [0.5, 0.6) is 0 Å². The van der Waals surface area contributed by atoms with Crippen LogP contribution in [0.15, 0.2) is 37.4 Å². The first-order valence-corrected chi connectivity index (χ1v) is 6.24. The van der Waals surface area contributed by atoms with Crippen molar-refractivity contribution in [1.82, 2.24) is 0 Å². The lowest BCUT2D eigenvalue weighted by Crippen LogP contribution is -1.84. The van der Waals surface area contributed by atoms with Crippen LogP contribution >= 0.6 is 9.47 Å². The van der Waals surface area contributed by atoms with Crippen LogP contribution in [0.25, 0.3) is 0 Å². The van der Waals surface area contributed by atoms with E-state index >= 15 is 0 Å². The molecule has 1 rings (SSSR count). The van der Waals surface area contributed by atoms with Crippen molar-refractivity contribution in [3.05, 3.63) is 48.6 Å². The van der Waals surface area contributed by atoms with Gasteiger partial charge in [-0.3, -0.25) is 0 Å². The molecule has 0 saturated heterocycles. The van der Waals surface area contributed by atoms with Crippen molar-refractivity contribution < 1.29 is 9.25 Å². The van der Waals surface area contributed by atoms with E-state index in [-0.39, 0.29) is 0 Å². The Labute approximate surface area is 107 Å². The van der Waals surface area contributed by atoms with Gasteiger partial charge in [-0.25, -0.2) is 0 Å². The molecule has 98 valence electrons. The third-order valence-corrected chi connectivity index (χ3v) is 2.19. The molecular formula is C14H24FOP. The molecule has 0 aromatic heterocycles. The molecule has 1 aromatic carbocycles. The lowest BCUT2D eigenvalue weighted by atomic mass is 10.1. The minimum absolute atomic E-state index is 1.24. The summed E-state index contributed by atoms with van der Waals surface area (Å²) >= 11 is 0. The van der Waals surface area contributed by atoms with Crippen molar-refractivity contribution in [2.75, 3.05) is 0 Å². The highest BCUT2D eigenvalue weighted by molar-refractivity contribution is 7.09. The Bertz CT molecular complexity index is 249. The van der Waals surface area contributed by atoms with Crippen LogP contribution in [0.2, 0.25) is 0 Å². The number of hydrogen-bond acceptors (Lipinski definition) is 1. The number of hydrogen-bond donors (Lipinski definition) is 0. The zero-order valence-electron chi connectivity index (χ0n) is 10.9. The molecule has 0 bridgehead atoms. The maximum atomic E-state index is 9.75. The summed E-state index contributed by atoms with van der Waals surface area (Å²) in [5.41, 5.74) is 2.84. The van der Waals surface area contributed by atoms with E-state index in [9.17, 15) is 4.53 Å². The summed E-state index contributed by atoms with van der Waals surface area (Å²) in [6.45, 7) is 10.4. The molecular weight excluding hydrogens is 234 g/mol. The third-order valence-electron chi connectivity index (χ3n) is 2.19. The largest absolute Gasteiger partial charge is 0.180 e. The number of benzene rings is 1. The molecule has 0 aliphatic carbocycles. The van der Waals surface area contributed by atoms with Crippen molar-refractivity contribution in [2.24, 2.45) is 0 Å². The fraction of sp³-hybridized carbons (Fsp3) is 0.429. The van der Waals surface area contributed by atoms with Gasteiger partial charge in [0, 0.05) is 9.47 Å². The van der Waals surface area contributed by atoms with E-state index in [2.05, 4.69) is 56.0 Å². The maximum absolute atomic E-state index is 9.75. The first-order chi connectivity index (χ1) is 8.24. The maximum Gasteiger partial charge on any atom is 0.0482 e. The predicted octanol–water partition coefficient (Wildman–Crippen LogP) is 5.21. The molecule has 1 unspecified atom stereocenters. The zero-order chi connectivity index (χ0) is 13.5. The fourth-order valence-electron chi connectivity index (χ4n) is 1.33. The van der Waals surface area contributed by atoms with E-state index in [0.717, 1.165) is 0 Å². The van der Waals surface area contributed by atoms with Crippen LogP contribution in [0, 0.1) is 6.92 Å². The molecule has 0 amide bonds. The average molecular weight is 258 g/mol. The predicted molar refractivity (Wildman–Crippen MR) is 77.6 cm³/mol. The SMILES string of the molecule is C=C.CCCCCc1ccc(C)cc1.FOP. The summed E-state index contributed by atoms with van der Waals surface area (Å²) in [5.74, 6) is 0. The molecule has 17 heavy (non-hydrogen) atoms. The quantitative estimate of drug-likeness (QED) is 0.409. The topological polar surface area (TPSA) is 9.23 Å². The Morgan fingerprint density at radius 1 is 1.18 bits per heavy atom. The van der Waals surface area contributed by atoms with Crippen molar-refractivity contribution in [2.45, 2.75) is 39.5 Å². The van der Waals surface area contributed by atoms with Crippen LogP contribution in [-0.2, 0) is 11.1 Å². The minimum Gasteiger partial charge on any atom is -0.180 e. The zero-order valence-corrected chi connectivity index (χ0v) is 12.1. The van der Waals surface area contributed by atoms with Crippen molar-refractivity contribution in [1.29, 1.82) is 0 Å². The van der Waals surface area contributed by atoms with Gasteiger partial charge in [0.25, 0.3) is 0 Å². The molecule has 0 radical (unpaired) electrons. The van der Waals surface area contributed by atoms with Crippen molar-refractivity contribution in [3.8, 4) is 0 Å². The molecule has 0 aliphatic rings. The highest BCUT2D eigenvalue weighted by atomic mass is 31.0. The van der Waals surface area contributed by atoms with E-state index in [0.29, 0.717) is 0 Å². The molecule has 1 aromatic rings. The van der Waals surface area contributed by atoms with Gasteiger partial charge in [0.1, 0.15) is 0 Å². The monoisotopic (exact) mass is 258 g/mol. The molecule has 3 heteroatoms. The molecule has 0 aliphatic heterocycles. The summed E-state index contributed by atoms with van der Waals surface area (Å²) < 4.78 is 12.4. The van der Waals surface area contributed by atoms with Gasteiger partial charge >= 0.3 is 0 Å². The highest BCUT2D eigenvalue weighted by Crippen LogP contribution is 2.07. The van der Waals surface area contributed by atoms with E-state index < -0.39 is 0 Å². The van der Waals surface area contributed by atoms with Crippen molar-refractivity contribution in [3.63, 3.8) is 0 Å². The first-order valence-electron chi connectivity index (χ1n) is 5.77. The van der Waals surface area contributed by atoms with Gasteiger partial charge in [0.05, 0.1) is 0 Å². The molecule has 1 nitrogen and oxygen atoms in total. The molecule has 0 N–H and O–H groups in total. The summed E-state index contributed by atoms with van der Waals surface area (Å²) in [7, 11) is 1.41. The second-order valence-corrected chi connectivity index (χ2v) is 3.71. The van der Waals surface area contributed by atoms with Gasteiger partial charge in [0.2, 0.25) is 0 Å². The second-order valence-electron chi connectivity index (χ2n) is 3.53. The molecule has 0 spiro atoms. The first kappa shape index (κ1) is 18.6. The number of halogens is 1. The summed E-state index contributed by atoms with van der Waals surface area (Å²) in [6, 6.07) is 8.87. The van der Waals surface area contributed by atoms with E-state index in [1.807, 2.05) is 0 Å². The standard InChI is InChI=1S/C12H18.C2H4.FH2OP/c1-3-4-5-6-12-9-7-11(2)8-10-12;1-2;1-2-3/h7-10H,3-6H2,1-2H3;1-2H2;3H2. The number of unbranched alkanes of at least 4 members (excludes halogenated alkanes) is 2. The van der Waals surface area contributed by atoms with E-state index in [4.69, 9.17) is 0 Å². The van der Waals surface area contributed by atoms with E-state index in [1.165, 1.54) is 46.3 Å². The lowest BCUT2D eigenvalue weighted by molar-refractivity contribution is 0.0207. The Balaban J connectivity index is 0. The van der Waals surface area contributed by atoms with Crippen LogP contribution in [0.3, 0.4) is 0 Å². The van der Waals surface area contributed by atoms with Crippen LogP contribution in [0.1, 0.15) is 37.3 Å². The molecule has 1 atom stereocenters. The lowest BCUT2D eigenvalue weighted by Gasteiger charge is -2.00. The van der Waals surface area contributed by atoms with Gasteiger partial charge in [-0.05, 0) is 29.9 Å². The average Bonchev–Trinajstić information content (AvgIpc) is 2.36. The van der Waals surface area contributed by atoms with E-state index in [1.54, 1.807) is 0 Å². The Hall–Kier alpha value is -0.720. The smallest absolute Gasteiger partial charge is 0.0482 e. The normalized spacial score (nSPS) is 8.47. The number of aryl methyl sites for hydroxylation is 2. The summed E-state index contributed by atoms with van der Waals surface area (Å²) in [6.07, 6.45) is 5.24. The summed E-state index contributed by atoms with van der Waals surface area (Å²) in [5, 5.41) is 0. The van der Waals surface area contributed by atoms with Gasteiger partial charge in [-0.2, -0.15) is 4.73 Å². The highest BCUT2D eigenvalue weighted by Gasteiger charge is 1.91. The van der Waals surface area contributed by atoms with Crippen molar-refractivity contribution >= 4 is 9.47 Å². The van der Waals surface area contributed by atoms with Gasteiger partial charge in [-0.15, -0.1) is 13.2 Å². The van der Waals surface area contributed by atoms with Crippen LogP contribution < -0.4 is 0 Å². The summed E-state index contributed by atoms with van der Waals surface area (Å²) in [4.78, 5) is 0. The number of rotatable bonds is 4.